The molecule has 0 aliphatic heterocycles. The molecule has 3 heterocycles. The fourth-order valence-corrected chi connectivity index (χ4v) is 1.72. The summed E-state index contributed by atoms with van der Waals surface area (Å²) in [5.41, 5.74) is 0.259. The topological polar surface area (TPSA) is 108 Å². The van der Waals surface area contributed by atoms with Crippen molar-refractivity contribution in [3.63, 3.8) is 0 Å². The number of rotatable bonds is 3. The Kier molecular flexibility index (Phi) is 3.44. The van der Waals surface area contributed by atoms with Gasteiger partial charge in [-0.3, -0.25) is 14.2 Å². The summed E-state index contributed by atoms with van der Waals surface area (Å²) in [5, 5.41) is 6.48. The second-order valence-electron chi connectivity index (χ2n) is 4.38. The number of nitrogens with one attached hydrogen (secondary N) is 1. The minimum Gasteiger partial charge on any atom is -0.318 e. The number of carbonyl (C=O) groups is 1. The van der Waals surface area contributed by atoms with Crippen molar-refractivity contribution in [2.75, 3.05) is 5.32 Å². The molecular weight excluding hydrogens is 286 g/mol. The Morgan fingerprint density at radius 2 is 2.00 bits per heavy atom. The maximum atomic E-state index is 12.0. The SMILES string of the molecule is Cn1nc(C(=O)Nc2cnc(-n3ccnc3)nc2)ccc1=O. The molecule has 9 nitrogen and oxygen atoms in total. The third-order valence-electron chi connectivity index (χ3n) is 2.82. The van der Waals surface area contributed by atoms with Gasteiger partial charge in [0.2, 0.25) is 5.95 Å². The first-order valence-corrected chi connectivity index (χ1v) is 6.29. The summed E-state index contributed by atoms with van der Waals surface area (Å²) >= 11 is 0. The molecule has 0 bridgehead atoms. The summed E-state index contributed by atoms with van der Waals surface area (Å²) in [5.74, 6) is -0.00897. The largest absolute Gasteiger partial charge is 0.318 e. The van der Waals surface area contributed by atoms with Crippen molar-refractivity contribution in [2.24, 2.45) is 7.05 Å². The van der Waals surface area contributed by atoms with Crippen LogP contribution in [0.3, 0.4) is 0 Å². The van der Waals surface area contributed by atoms with Crippen molar-refractivity contribution in [3.05, 3.63) is 59.3 Å². The maximum Gasteiger partial charge on any atom is 0.276 e. The number of anilines is 1. The van der Waals surface area contributed by atoms with Gasteiger partial charge in [0.25, 0.3) is 11.5 Å². The number of hydrogen-bond donors (Lipinski definition) is 1. The van der Waals surface area contributed by atoms with Crippen LogP contribution in [0.15, 0.2) is 48.0 Å². The second kappa shape index (κ2) is 5.56. The second-order valence-corrected chi connectivity index (χ2v) is 4.38. The van der Waals surface area contributed by atoms with Gasteiger partial charge in [0, 0.05) is 25.5 Å². The van der Waals surface area contributed by atoms with Crippen LogP contribution >= 0.6 is 0 Å². The molecule has 0 saturated heterocycles. The molecule has 1 N–H and O–H groups in total. The molecule has 3 aromatic rings. The van der Waals surface area contributed by atoms with E-state index in [2.05, 4.69) is 25.4 Å². The van der Waals surface area contributed by atoms with Crippen molar-refractivity contribution >= 4 is 11.6 Å². The standard InChI is InChI=1S/C13H11N7O2/c1-19-11(21)3-2-10(18-19)12(22)17-9-6-15-13(16-7-9)20-5-4-14-8-20/h2-8H,1H3,(H,17,22). The quantitative estimate of drug-likeness (QED) is 0.729. The summed E-state index contributed by atoms with van der Waals surface area (Å²) in [6, 6.07) is 2.64. The van der Waals surface area contributed by atoms with Crippen molar-refractivity contribution in [1.29, 1.82) is 0 Å². The highest BCUT2D eigenvalue weighted by atomic mass is 16.2. The van der Waals surface area contributed by atoms with Crippen LogP contribution in [0.4, 0.5) is 5.69 Å². The first-order chi connectivity index (χ1) is 10.6. The van der Waals surface area contributed by atoms with Crippen LogP contribution in [0.5, 0.6) is 0 Å². The predicted octanol–water partition coefficient (Wildman–Crippen LogP) is 0.00830. The van der Waals surface area contributed by atoms with Crippen molar-refractivity contribution in [2.45, 2.75) is 0 Å². The number of amides is 1. The summed E-state index contributed by atoms with van der Waals surface area (Å²) in [6.45, 7) is 0. The number of carbonyl (C=O) groups excluding carboxylic acids is 1. The van der Waals surface area contributed by atoms with Gasteiger partial charge in [0.05, 0.1) is 18.1 Å². The lowest BCUT2D eigenvalue weighted by Gasteiger charge is -2.05. The molecule has 0 atom stereocenters. The molecule has 3 rings (SSSR count). The van der Waals surface area contributed by atoms with Crippen molar-refractivity contribution in [1.82, 2.24) is 29.3 Å². The fraction of sp³-hybridized carbons (Fsp3) is 0.0769. The van der Waals surface area contributed by atoms with E-state index in [1.807, 2.05) is 0 Å². The van der Waals surface area contributed by atoms with E-state index in [4.69, 9.17) is 0 Å². The molecule has 0 fully saturated rings. The summed E-state index contributed by atoms with van der Waals surface area (Å²) in [4.78, 5) is 35.4. The normalized spacial score (nSPS) is 10.4. The molecule has 0 aromatic carbocycles. The zero-order valence-corrected chi connectivity index (χ0v) is 11.5. The van der Waals surface area contributed by atoms with Gasteiger partial charge in [-0.05, 0) is 6.07 Å². The number of aromatic nitrogens is 6. The van der Waals surface area contributed by atoms with Gasteiger partial charge in [-0.15, -0.1) is 0 Å². The van der Waals surface area contributed by atoms with Gasteiger partial charge in [-0.1, -0.05) is 0 Å². The lowest BCUT2D eigenvalue weighted by molar-refractivity contribution is 0.102. The lowest BCUT2D eigenvalue weighted by atomic mass is 10.3. The third kappa shape index (κ3) is 2.73. The molecule has 3 aromatic heterocycles. The highest BCUT2D eigenvalue weighted by molar-refractivity contribution is 6.02. The predicted molar refractivity (Wildman–Crippen MR) is 76.6 cm³/mol. The Morgan fingerprint density at radius 3 is 2.64 bits per heavy atom. The third-order valence-corrected chi connectivity index (χ3v) is 2.82. The minimum absolute atomic E-state index is 0.126. The van der Waals surface area contributed by atoms with Gasteiger partial charge in [0.15, 0.2) is 0 Å². The van der Waals surface area contributed by atoms with Crippen LogP contribution in [0.1, 0.15) is 10.5 Å². The Bertz CT molecular complexity index is 853. The van der Waals surface area contributed by atoms with E-state index in [0.717, 1.165) is 4.68 Å². The van der Waals surface area contributed by atoms with E-state index in [0.29, 0.717) is 11.6 Å². The van der Waals surface area contributed by atoms with E-state index in [-0.39, 0.29) is 11.3 Å². The smallest absolute Gasteiger partial charge is 0.276 e. The molecule has 0 radical (unpaired) electrons. The highest BCUT2D eigenvalue weighted by Crippen LogP contribution is 2.07. The van der Waals surface area contributed by atoms with Crippen molar-refractivity contribution < 1.29 is 4.79 Å². The van der Waals surface area contributed by atoms with E-state index in [1.54, 1.807) is 23.3 Å². The average molecular weight is 297 g/mol. The molecule has 9 heteroatoms. The summed E-state index contributed by atoms with van der Waals surface area (Å²) < 4.78 is 2.73. The van der Waals surface area contributed by atoms with Gasteiger partial charge in [0.1, 0.15) is 12.0 Å². The summed E-state index contributed by atoms with van der Waals surface area (Å²) in [6.07, 6.45) is 7.85. The van der Waals surface area contributed by atoms with Gasteiger partial charge in [-0.25, -0.2) is 19.6 Å². The van der Waals surface area contributed by atoms with Gasteiger partial charge >= 0.3 is 0 Å². The van der Waals surface area contributed by atoms with Crippen LogP contribution in [0, 0.1) is 0 Å². The minimum atomic E-state index is -0.449. The molecule has 0 unspecified atom stereocenters. The lowest BCUT2D eigenvalue weighted by Crippen LogP contribution is -2.23. The van der Waals surface area contributed by atoms with Crippen LogP contribution in [0.2, 0.25) is 0 Å². The highest BCUT2D eigenvalue weighted by Gasteiger charge is 2.09. The molecule has 1 amide bonds. The zero-order chi connectivity index (χ0) is 15.5. The molecular formula is C13H11N7O2. The molecule has 0 aliphatic carbocycles. The zero-order valence-electron chi connectivity index (χ0n) is 11.5. The van der Waals surface area contributed by atoms with Gasteiger partial charge in [-0.2, -0.15) is 5.10 Å². The Morgan fingerprint density at radius 1 is 1.23 bits per heavy atom. The fourth-order valence-electron chi connectivity index (χ4n) is 1.72. The monoisotopic (exact) mass is 297 g/mol. The van der Waals surface area contributed by atoms with Crippen LogP contribution in [-0.2, 0) is 7.05 Å². The number of nitrogens with zero attached hydrogens (tertiary/aromatic N) is 6. The average Bonchev–Trinajstić information content (AvgIpc) is 3.05. The van der Waals surface area contributed by atoms with E-state index in [1.165, 1.54) is 31.6 Å². The summed E-state index contributed by atoms with van der Waals surface area (Å²) in [7, 11) is 1.47. The maximum absolute atomic E-state index is 12.0. The van der Waals surface area contributed by atoms with Crippen LogP contribution < -0.4 is 10.9 Å². The van der Waals surface area contributed by atoms with Gasteiger partial charge < -0.3 is 5.32 Å². The molecule has 0 saturated carbocycles. The number of hydrogen-bond acceptors (Lipinski definition) is 6. The Hall–Kier alpha value is -3.36. The first-order valence-electron chi connectivity index (χ1n) is 6.29. The van der Waals surface area contributed by atoms with Crippen molar-refractivity contribution in [3.8, 4) is 5.95 Å². The number of aryl methyl sites for hydroxylation is 1. The molecule has 0 aliphatic rings. The van der Waals surface area contributed by atoms with E-state index >= 15 is 0 Å². The Balaban J connectivity index is 1.76. The first kappa shape index (κ1) is 13.6. The molecule has 0 spiro atoms. The molecule has 110 valence electrons. The van der Waals surface area contributed by atoms with E-state index in [9.17, 15) is 9.59 Å². The number of imidazole rings is 1. The van der Waals surface area contributed by atoms with Crippen LogP contribution in [0.25, 0.3) is 5.95 Å². The Labute approximate surface area is 124 Å². The molecule has 22 heavy (non-hydrogen) atoms. The van der Waals surface area contributed by atoms with E-state index < -0.39 is 5.91 Å². The van der Waals surface area contributed by atoms with Crippen LogP contribution in [-0.4, -0.2) is 35.2 Å².